The lowest BCUT2D eigenvalue weighted by Crippen LogP contribution is -2.40. The molecule has 130 valence electrons. The van der Waals surface area contributed by atoms with Gasteiger partial charge in [0, 0.05) is 5.56 Å². The second-order valence-electron chi connectivity index (χ2n) is 5.13. The molecule has 1 amide bonds. The Hall–Kier alpha value is -2.77. The van der Waals surface area contributed by atoms with Crippen LogP contribution in [-0.4, -0.2) is 26.1 Å². The van der Waals surface area contributed by atoms with Gasteiger partial charge in [0.05, 0.1) is 24.8 Å². The number of cyclic esters (lactones) is 1. The Balaban J connectivity index is 1.80. The minimum absolute atomic E-state index is 0.256. The summed E-state index contributed by atoms with van der Waals surface area (Å²) >= 11 is 5.99. The molecule has 0 saturated carbocycles. The van der Waals surface area contributed by atoms with Gasteiger partial charge in [-0.25, -0.2) is 4.79 Å². The van der Waals surface area contributed by atoms with Crippen LogP contribution >= 0.6 is 11.6 Å². The van der Waals surface area contributed by atoms with E-state index >= 15 is 0 Å². The fourth-order valence-corrected chi connectivity index (χ4v) is 2.77. The summed E-state index contributed by atoms with van der Waals surface area (Å²) in [5.74, 6) is -0.323. The number of carbonyl (C=O) groups is 2. The molecule has 2 aromatic rings. The number of amides is 1. The summed E-state index contributed by atoms with van der Waals surface area (Å²) < 4.78 is 15.7. The first-order valence-electron chi connectivity index (χ1n) is 7.33. The summed E-state index contributed by atoms with van der Waals surface area (Å²) in [5, 5.41) is 0.317. The van der Waals surface area contributed by atoms with Gasteiger partial charge in [-0.2, -0.15) is 5.43 Å². The number of fused-ring (bicyclic) bond motifs is 1. The van der Waals surface area contributed by atoms with Crippen molar-refractivity contribution >= 4 is 23.5 Å². The second kappa shape index (κ2) is 7.00. The van der Waals surface area contributed by atoms with Gasteiger partial charge in [-0.1, -0.05) is 23.7 Å². The number of ether oxygens (including phenoxy) is 3. The van der Waals surface area contributed by atoms with E-state index in [4.69, 9.17) is 25.8 Å². The third kappa shape index (κ3) is 3.11. The number of methoxy groups -OCH3 is 2. The fourth-order valence-electron chi connectivity index (χ4n) is 2.55. The van der Waals surface area contributed by atoms with E-state index in [9.17, 15) is 9.59 Å². The second-order valence-corrected chi connectivity index (χ2v) is 5.54. The number of nitrogens with one attached hydrogen (secondary N) is 2. The summed E-state index contributed by atoms with van der Waals surface area (Å²) in [6, 6.07) is 9.94. The summed E-state index contributed by atoms with van der Waals surface area (Å²) in [4.78, 5) is 24.4. The van der Waals surface area contributed by atoms with Gasteiger partial charge in [0.25, 0.3) is 5.91 Å². The molecule has 2 N–H and O–H groups in total. The Kier molecular flexibility index (Phi) is 4.78. The third-order valence-corrected chi connectivity index (χ3v) is 4.05. The Labute approximate surface area is 148 Å². The average molecular weight is 363 g/mol. The van der Waals surface area contributed by atoms with E-state index in [1.54, 1.807) is 36.4 Å². The Morgan fingerprint density at radius 1 is 1.16 bits per heavy atom. The molecule has 7 nitrogen and oxygen atoms in total. The predicted molar refractivity (Wildman–Crippen MR) is 89.8 cm³/mol. The molecular weight excluding hydrogens is 348 g/mol. The molecule has 0 spiro atoms. The van der Waals surface area contributed by atoms with E-state index in [0.29, 0.717) is 21.9 Å². The van der Waals surface area contributed by atoms with Gasteiger partial charge < -0.3 is 14.2 Å². The van der Waals surface area contributed by atoms with Crippen molar-refractivity contribution in [3.63, 3.8) is 0 Å². The van der Waals surface area contributed by atoms with Gasteiger partial charge in [0.1, 0.15) is 5.56 Å². The highest BCUT2D eigenvalue weighted by molar-refractivity contribution is 6.33. The van der Waals surface area contributed by atoms with Crippen LogP contribution in [0.2, 0.25) is 5.02 Å². The van der Waals surface area contributed by atoms with Gasteiger partial charge in [0.15, 0.2) is 17.7 Å². The van der Waals surface area contributed by atoms with E-state index in [-0.39, 0.29) is 11.3 Å². The lowest BCUT2D eigenvalue weighted by molar-refractivity contribution is 0.0260. The molecule has 1 atom stereocenters. The van der Waals surface area contributed by atoms with E-state index in [0.717, 1.165) is 0 Å². The van der Waals surface area contributed by atoms with Crippen LogP contribution in [0.4, 0.5) is 0 Å². The number of hydrazine groups is 1. The zero-order chi connectivity index (χ0) is 18.0. The van der Waals surface area contributed by atoms with Gasteiger partial charge >= 0.3 is 5.97 Å². The molecule has 3 rings (SSSR count). The lowest BCUT2D eigenvalue weighted by atomic mass is 10.1. The number of hydrogen-bond donors (Lipinski definition) is 2. The van der Waals surface area contributed by atoms with Crippen LogP contribution < -0.4 is 20.3 Å². The minimum Gasteiger partial charge on any atom is -0.493 e. The summed E-state index contributed by atoms with van der Waals surface area (Å²) in [6.45, 7) is 0. The molecule has 2 aromatic carbocycles. The van der Waals surface area contributed by atoms with Crippen LogP contribution in [-0.2, 0) is 4.74 Å². The third-order valence-electron chi connectivity index (χ3n) is 3.72. The number of halogens is 1. The Bertz CT molecular complexity index is 840. The first-order chi connectivity index (χ1) is 12.1. The zero-order valence-electron chi connectivity index (χ0n) is 13.5. The van der Waals surface area contributed by atoms with Gasteiger partial charge in [-0.05, 0) is 24.3 Å². The molecule has 0 unspecified atom stereocenters. The average Bonchev–Trinajstić information content (AvgIpc) is 2.95. The Morgan fingerprint density at radius 2 is 1.92 bits per heavy atom. The zero-order valence-corrected chi connectivity index (χ0v) is 14.2. The highest BCUT2D eigenvalue weighted by atomic mass is 35.5. The summed E-state index contributed by atoms with van der Waals surface area (Å²) in [5.41, 5.74) is 6.26. The standard InChI is InChI=1S/C17H15ClN2O5/c1-23-12-8-7-10-13(14(12)24-2)17(22)25-16(10)20-19-15(21)9-5-3-4-6-11(9)18/h3-8,16,20H,1-2H3,(H,19,21)/t16-/m0/s1. The maximum Gasteiger partial charge on any atom is 0.344 e. The van der Waals surface area contributed by atoms with Gasteiger partial charge in [0.2, 0.25) is 0 Å². The quantitative estimate of drug-likeness (QED) is 0.627. The SMILES string of the molecule is COc1ccc2c(c1OC)C(=O)O[C@@H]2NNC(=O)c1ccccc1Cl. The minimum atomic E-state index is -0.853. The molecular formula is C17H15ClN2O5. The number of benzene rings is 2. The molecule has 25 heavy (non-hydrogen) atoms. The van der Waals surface area contributed by atoms with Crippen molar-refractivity contribution in [3.8, 4) is 11.5 Å². The number of rotatable bonds is 5. The van der Waals surface area contributed by atoms with Crippen LogP contribution in [0, 0.1) is 0 Å². The largest absolute Gasteiger partial charge is 0.493 e. The maximum absolute atomic E-state index is 12.2. The van der Waals surface area contributed by atoms with Crippen LogP contribution in [0.25, 0.3) is 0 Å². The molecule has 8 heteroatoms. The lowest BCUT2D eigenvalue weighted by Gasteiger charge is -2.15. The topological polar surface area (TPSA) is 85.9 Å². The van der Waals surface area contributed by atoms with Crippen molar-refractivity contribution in [1.82, 2.24) is 10.9 Å². The van der Waals surface area contributed by atoms with Crippen molar-refractivity contribution in [2.24, 2.45) is 0 Å². The highest BCUT2D eigenvalue weighted by Crippen LogP contribution is 2.40. The molecule has 0 bridgehead atoms. The number of esters is 1. The van der Waals surface area contributed by atoms with Gasteiger partial charge in [-0.15, -0.1) is 0 Å². The number of hydrogen-bond acceptors (Lipinski definition) is 6. The summed E-state index contributed by atoms with van der Waals surface area (Å²) in [6.07, 6.45) is -0.853. The molecule has 0 radical (unpaired) electrons. The van der Waals surface area contributed by atoms with Crippen molar-refractivity contribution in [2.75, 3.05) is 14.2 Å². The number of carbonyl (C=O) groups excluding carboxylic acids is 2. The van der Waals surface area contributed by atoms with Crippen molar-refractivity contribution in [3.05, 3.63) is 58.1 Å². The first-order valence-corrected chi connectivity index (χ1v) is 7.71. The molecule has 1 heterocycles. The molecule has 0 aromatic heterocycles. The monoisotopic (exact) mass is 362 g/mol. The van der Waals surface area contributed by atoms with Gasteiger partial charge in [-0.3, -0.25) is 10.2 Å². The maximum atomic E-state index is 12.2. The molecule has 0 aliphatic carbocycles. The normalized spacial score (nSPS) is 15.3. The van der Waals surface area contributed by atoms with Crippen molar-refractivity contribution in [1.29, 1.82) is 0 Å². The highest BCUT2D eigenvalue weighted by Gasteiger charge is 2.36. The van der Waals surface area contributed by atoms with Crippen LogP contribution in [0.3, 0.4) is 0 Å². The van der Waals surface area contributed by atoms with Crippen molar-refractivity contribution < 1.29 is 23.8 Å². The van der Waals surface area contributed by atoms with E-state index in [2.05, 4.69) is 10.9 Å². The van der Waals surface area contributed by atoms with Crippen LogP contribution in [0.1, 0.15) is 32.5 Å². The summed E-state index contributed by atoms with van der Waals surface area (Å²) in [7, 11) is 2.91. The molecule has 1 aliphatic rings. The molecule has 0 fully saturated rings. The van der Waals surface area contributed by atoms with E-state index in [1.165, 1.54) is 14.2 Å². The fraction of sp³-hybridized carbons (Fsp3) is 0.176. The van der Waals surface area contributed by atoms with Crippen LogP contribution in [0.5, 0.6) is 11.5 Å². The van der Waals surface area contributed by atoms with E-state index < -0.39 is 18.1 Å². The predicted octanol–water partition coefficient (Wildman–Crippen LogP) is 2.46. The van der Waals surface area contributed by atoms with Crippen LogP contribution in [0.15, 0.2) is 36.4 Å². The molecule has 0 saturated heterocycles. The molecule has 1 aliphatic heterocycles. The Morgan fingerprint density at radius 3 is 2.60 bits per heavy atom. The van der Waals surface area contributed by atoms with Crippen molar-refractivity contribution in [2.45, 2.75) is 6.23 Å². The smallest absolute Gasteiger partial charge is 0.344 e. The van der Waals surface area contributed by atoms with E-state index in [1.807, 2.05) is 0 Å². The first kappa shape index (κ1) is 17.1.